The van der Waals surface area contributed by atoms with Crippen LogP contribution >= 0.6 is 27.3 Å². The van der Waals surface area contributed by atoms with E-state index >= 15 is 0 Å². The zero-order valence-electron chi connectivity index (χ0n) is 17.7. The molecule has 33 heavy (non-hydrogen) atoms. The van der Waals surface area contributed by atoms with E-state index in [4.69, 9.17) is 4.74 Å². The van der Waals surface area contributed by atoms with Crippen molar-refractivity contribution in [2.45, 2.75) is 32.3 Å². The molecule has 1 N–H and O–H groups in total. The van der Waals surface area contributed by atoms with Gasteiger partial charge in [0.1, 0.15) is 35.1 Å². The van der Waals surface area contributed by atoms with E-state index in [0.29, 0.717) is 28.5 Å². The van der Waals surface area contributed by atoms with Gasteiger partial charge in [0.15, 0.2) is 0 Å². The predicted molar refractivity (Wildman–Crippen MR) is 133 cm³/mol. The lowest BCUT2D eigenvalue weighted by molar-refractivity contribution is -0.112. The monoisotopic (exact) mass is 517 g/mol. The lowest BCUT2D eigenvalue weighted by atomic mass is 9.96. The number of benzene rings is 2. The maximum Gasteiger partial charge on any atom is 0.266 e. The van der Waals surface area contributed by atoms with Crippen LogP contribution in [0.25, 0.3) is 6.08 Å². The molecule has 0 unspecified atom stereocenters. The van der Waals surface area contributed by atoms with Crippen molar-refractivity contribution in [3.8, 4) is 17.9 Å². The maximum atomic E-state index is 12.7. The summed E-state index contributed by atoms with van der Waals surface area (Å²) in [7, 11) is 0. The van der Waals surface area contributed by atoms with Crippen molar-refractivity contribution in [2.75, 3.05) is 5.32 Å². The number of nitriles is 2. The number of nitrogens with one attached hydrogen (secondary N) is 1. The Morgan fingerprint density at radius 3 is 2.52 bits per heavy atom. The molecule has 4 rings (SSSR count). The average Bonchev–Trinajstić information content (AvgIpc) is 3.19. The zero-order valence-corrected chi connectivity index (χ0v) is 20.1. The van der Waals surface area contributed by atoms with Crippen molar-refractivity contribution in [1.82, 2.24) is 0 Å². The second-order valence-electron chi connectivity index (χ2n) is 7.63. The molecular weight excluding hydrogens is 498 g/mol. The van der Waals surface area contributed by atoms with Gasteiger partial charge >= 0.3 is 0 Å². The molecule has 1 amide bonds. The second-order valence-corrected chi connectivity index (χ2v) is 9.66. The first kappa shape index (κ1) is 22.8. The highest BCUT2D eigenvalue weighted by molar-refractivity contribution is 9.10. The summed E-state index contributed by atoms with van der Waals surface area (Å²) in [5.74, 6) is 0.184. The Morgan fingerprint density at radius 1 is 1.09 bits per heavy atom. The normalized spacial score (nSPS) is 12.9. The number of ether oxygens (including phenoxy) is 1. The molecule has 0 atom stereocenters. The number of aryl methyl sites for hydroxylation is 1. The van der Waals surface area contributed by atoms with Gasteiger partial charge in [-0.1, -0.05) is 40.2 Å². The zero-order chi connectivity index (χ0) is 23.2. The molecule has 1 heterocycles. The topological polar surface area (TPSA) is 85.9 Å². The van der Waals surface area contributed by atoms with Gasteiger partial charge in [0.25, 0.3) is 5.91 Å². The highest BCUT2D eigenvalue weighted by atomic mass is 79.9. The lowest BCUT2D eigenvalue weighted by Gasteiger charge is -2.09. The minimum absolute atomic E-state index is 0.0196. The predicted octanol–water partition coefficient (Wildman–Crippen LogP) is 6.39. The summed E-state index contributed by atoms with van der Waals surface area (Å²) in [6.07, 6.45) is 5.48. The first-order valence-corrected chi connectivity index (χ1v) is 12.1. The summed E-state index contributed by atoms with van der Waals surface area (Å²) in [6, 6.07) is 19.3. The van der Waals surface area contributed by atoms with E-state index in [2.05, 4.69) is 27.3 Å². The van der Waals surface area contributed by atoms with Gasteiger partial charge in [-0.15, -0.1) is 11.3 Å². The van der Waals surface area contributed by atoms with Crippen LogP contribution in [0.3, 0.4) is 0 Å². The fourth-order valence-corrected chi connectivity index (χ4v) is 5.16. The number of amides is 1. The van der Waals surface area contributed by atoms with E-state index in [1.807, 2.05) is 30.3 Å². The van der Waals surface area contributed by atoms with E-state index in [1.165, 1.54) is 17.4 Å². The van der Waals surface area contributed by atoms with Gasteiger partial charge in [0.2, 0.25) is 0 Å². The maximum absolute atomic E-state index is 12.7. The molecule has 0 spiro atoms. The van der Waals surface area contributed by atoms with Gasteiger partial charge < -0.3 is 10.1 Å². The number of hydrogen-bond acceptors (Lipinski definition) is 5. The minimum Gasteiger partial charge on any atom is -0.489 e. The molecule has 1 aliphatic rings. The summed E-state index contributed by atoms with van der Waals surface area (Å²) >= 11 is 4.86. The molecule has 1 aliphatic carbocycles. The van der Waals surface area contributed by atoms with Crippen molar-refractivity contribution in [3.63, 3.8) is 0 Å². The van der Waals surface area contributed by atoms with Gasteiger partial charge in [-0.25, -0.2) is 0 Å². The van der Waals surface area contributed by atoms with E-state index < -0.39 is 5.91 Å². The number of hydrogen-bond donors (Lipinski definition) is 1. The van der Waals surface area contributed by atoms with Crippen LogP contribution in [0.15, 0.2) is 58.6 Å². The highest BCUT2D eigenvalue weighted by Crippen LogP contribution is 2.37. The summed E-state index contributed by atoms with van der Waals surface area (Å²) in [5.41, 5.74) is 3.33. The lowest BCUT2D eigenvalue weighted by Crippen LogP contribution is -2.13. The summed E-state index contributed by atoms with van der Waals surface area (Å²) in [6.45, 7) is 0.445. The van der Waals surface area contributed by atoms with Crippen molar-refractivity contribution >= 4 is 44.3 Å². The summed E-state index contributed by atoms with van der Waals surface area (Å²) < 4.78 is 6.82. The Kier molecular flexibility index (Phi) is 7.24. The Bertz CT molecular complexity index is 1280. The van der Waals surface area contributed by atoms with Crippen LogP contribution in [-0.2, 0) is 24.2 Å². The Labute approximate surface area is 205 Å². The number of nitrogens with zero attached hydrogens (tertiary/aromatic N) is 2. The third-order valence-corrected chi connectivity index (χ3v) is 7.12. The Hall–Kier alpha value is -3.39. The number of carbonyl (C=O) groups excluding carboxylic acids is 1. The number of fused-ring (bicyclic) bond motifs is 1. The van der Waals surface area contributed by atoms with Gasteiger partial charge in [0.05, 0.1) is 5.56 Å². The molecule has 3 aromatic rings. The number of anilines is 1. The molecule has 1 aromatic heterocycles. The average molecular weight is 518 g/mol. The number of rotatable bonds is 6. The molecule has 164 valence electrons. The molecule has 7 heteroatoms. The third kappa shape index (κ3) is 5.51. The fraction of sp³-hybridized carbons (Fsp3) is 0.192. The van der Waals surface area contributed by atoms with Crippen LogP contribution in [0.4, 0.5) is 5.00 Å². The van der Waals surface area contributed by atoms with E-state index in [1.54, 1.807) is 24.3 Å². The van der Waals surface area contributed by atoms with Crippen LogP contribution in [0.2, 0.25) is 0 Å². The van der Waals surface area contributed by atoms with E-state index in [0.717, 1.165) is 46.2 Å². The van der Waals surface area contributed by atoms with Crippen LogP contribution in [0.5, 0.6) is 5.75 Å². The molecule has 0 saturated heterocycles. The molecule has 0 bridgehead atoms. The number of carbonyl (C=O) groups is 1. The molecule has 5 nitrogen and oxygen atoms in total. The molecular formula is C26H20BrN3O2S. The Morgan fingerprint density at radius 2 is 1.82 bits per heavy atom. The van der Waals surface area contributed by atoms with Gasteiger partial charge in [-0.3, -0.25) is 4.79 Å². The Balaban J connectivity index is 1.43. The molecule has 0 radical (unpaired) electrons. The van der Waals surface area contributed by atoms with E-state index in [9.17, 15) is 15.3 Å². The second kappa shape index (κ2) is 10.5. The van der Waals surface area contributed by atoms with Crippen LogP contribution in [0, 0.1) is 22.7 Å². The fourth-order valence-electron chi connectivity index (χ4n) is 3.67. The molecule has 0 aliphatic heterocycles. The standard InChI is InChI=1S/C26H20BrN3O2S/c27-20-9-5-18(6-10-20)16-32-21-11-7-17(8-12-21)13-19(14-28)25(31)30-26-23(15-29)22-3-1-2-4-24(22)33-26/h5-13H,1-4,16H2,(H,30,31)/b19-13+. The van der Waals surface area contributed by atoms with Crippen LogP contribution in [0.1, 0.15) is 40.0 Å². The number of halogens is 1. The third-order valence-electron chi connectivity index (χ3n) is 5.39. The van der Waals surface area contributed by atoms with Crippen molar-refractivity contribution < 1.29 is 9.53 Å². The molecule has 0 saturated carbocycles. The molecule has 2 aromatic carbocycles. The van der Waals surface area contributed by atoms with Gasteiger partial charge in [0, 0.05) is 9.35 Å². The number of thiophene rings is 1. The first-order valence-electron chi connectivity index (χ1n) is 10.5. The quantitative estimate of drug-likeness (QED) is 0.303. The van der Waals surface area contributed by atoms with Crippen molar-refractivity contribution in [2.24, 2.45) is 0 Å². The largest absolute Gasteiger partial charge is 0.489 e. The van der Waals surface area contributed by atoms with Crippen LogP contribution < -0.4 is 10.1 Å². The summed E-state index contributed by atoms with van der Waals surface area (Å²) in [5, 5.41) is 22.4. The summed E-state index contributed by atoms with van der Waals surface area (Å²) in [4.78, 5) is 13.9. The van der Waals surface area contributed by atoms with Gasteiger partial charge in [-0.05, 0) is 72.7 Å². The SMILES string of the molecule is N#C/C(=C\c1ccc(OCc2ccc(Br)cc2)cc1)C(=O)Nc1sc2c(c1C#N)CCCC2. The van der Waals surface area contributed by atoms with Crippen molar-refractivity contribution in [3.05, 3.63) is 85.7 Å². The van der Waals surface area contributed by atoms with Gasteiger partial charge in [-0.2, -0.15) is 10.5 Å². The molecule has 0 fully saturated rings. The highest BCUT2D eigenvalue weighted by Gasteiger charge is 2.22. The van der Waals surface area contributed by atoms with E-state index in [-0.39, 0.29) is 5.57 Å². The first-order chi connectivity index (χ1) is 16.1. The van der Waals surface area contributed by atoms with Crippen molar-refractivity contribution in [1.29, 1.82) is 10.5 Å². The smallest absolute Gasteiger partial charge is 0.266 e. The minimum atomic E-state index is -0.511. The van der Waals surface area contributed by atoms with Crippen LogP contribution in [-0.4, -0.2) is 5.91 Å².